The summed E-state index contributed by atoms with van der Waals surface area (Å²) in [5.41, 5.74) is 4.07. The van der Waals surface area contributed by atoms with E-state index in [-0.39, 0.29) is 11.8 Å². The van der Waals surface area contributed by atoms with Gasteiger partial charge in [-0.25, -0.2) is 0 Å². The van der Waals surface area contributed by atoms with Crippen LogP contribution < -0.4 is 10.6 Å². The fourth-order valence-corrected chi connectivity index (χ4v) is 3.53. The Morgan fingerprint density at radius 1 is 1.00 bits per heavy atom. The first-order valence-corrected chi connectivity index (χ1v) is 9.69. The lowest BCUT2D eigenvalue weighted by Gasteiger charge is -2.14. The first-order chi connectivity index (χ1) is 13.0. The molecule has 0 bridgehead atoms. The quantitative estimate of drug-likeness (QED) is 0.677. The number of rotatable bonds is 6. The van der Waals surface area contributed by atoms with Crippen LogP contribution >= 0.6 is 11.3 Å². The van der Waals surface area contributed by atoms with Crippen molar-refractivity contribution in [2.75, 3.05) is 0 Å². The zero-order chi connectivity index (χ0) is 19.2. The molecule has 0 radical (unpaired) electrons. The molecule has 5 heteroatoms. The predicted molar refractivity (Wildman–Crippen MR) is 110 cm³/mol. The van der Waals surface area contributed by atoms with Crippen LogP contribution in [0.5, 0.6) is 0 Å². The van der Waals surface area contributed by atoms with Crippen LogP contribution in [-0.4, -0.2) is 17.9 Å². The summed E-state index contributed by atoms with van der Waals surface area (Å²) in [4.78, 5) is 25.6. The highest BCUT2D eigenvalue weighted by Gasteiger charge is 2.20. The third kappa shape index (κ3) is 4.83. The van der Waals surface area contributed by atoms with Crippen molar-refractivity contribution in [3.05, 3.63) is 82.0 Å². The van der Waals surface area contributed by atoms with E-state index in [9.17, 15) is 9.59 Å². The first-order valence-electron chi connectivity index (χ1n) is 8.81. The highest BCUT2D eigenvalue weighted by atomic mass is 32.1. The molecule has 3 rings (SSSR count). The lowest BCUT2D eigenvalue weighted by Crippen LogP contribution is -2.44. The van der Waals surface area contributed by atoms with Gasteiger partial charge in [-0.2, -0.15) is 0 Å². The molecule has 0 saturated carbocycles. The summed E-state index contributed by atoms with van der Waals surface area (Å²) in [6.45, 7) is 4.16. The number of hydrogen-bond donors (Lipinski definition) is 2. The highest BCUT2D eigenvalue weighted by Crippen LogP contribution is 2.28. The lowest BCUT2D eigenvalue weighted by molar-refractivity contribution is -0.122. The van der Waals surface area contributed by atoms with E-state index in [1.807, 2.05) is 73.0 Å². The molecule has 0 fully saturated rings. The Morgan fingerprint density at radius 2 is 1.70 bits per heavy atom. The Hall–Kier alpha value is -2.92. The maximum absolute atomic E-state index is 12.7. The molecular formula is C22H22N2O2S. The maximum atomic E-state index is 12.7. The second-order valence-electron chi connectivity index (χ2n) is 6.43. The average molecular weight is 378 g/mol. The summed E-state index contributed by atoms with van der Waals surface area (Å²) in [6.07, 6.45) is 0. The molecule has 4 nitrogen and oxygen atoms in total. The fourth-order valence-electron chi connectivity index (χ4n) is 2.71. The van der Waals surface area contributed by atoms with Crippen LogP contribution in [-0.2, 0) is 11.3 Å². The van der Waals surface area contributed by atoms with E-state index in [0.29, 0.717) is 11.4 Å². The van der Waals surface area contributed by atoms with Crippen molar-refractivity contribution < 1.29 is 9.59 Å². The van der Waals surface area contributed by atoms with E-state index < -0.39 is 6.04 Å². The van der Waals surface area contributed by atoms with E-state index in [1.165, 1.54) is 16.9 Å². The van der Waals surface area contributed by atoms with E-state index in [1.54, 1.807) is 6.92 Å². The van der Waals surface area contributed by atoms with E-state index in [2.05, 4.69) is 10.6 Å². The van der Waals surface area contributed by atoms with Crippen molar-refractivity contribution in [2.24, 2.45) is 0 Å². The van der Waals surface area contributed by atoms with Crippen molar-refractivity contribution in [2.45, 2.75) is 26.4 Å². The average Bonchev–Trinajstić information content (AvgIpc) is 3.17. The molecule has 3 aromatic rings. The summed E-state index contributed by atoms with van der Waals surface area (Å²) >= 11 is 1.38. The van der Waals surface area contributed by atoms with Crippen LogP contribution in [0.3, 0.4) is 0 Å². The second kappa shape index (κ2) is 8.64. The third-order valence-electron chi connectivity index (χ3n) is 4.28. The molecular weight excluding hydrogens is 356 g/mol. The largest absolute Gasteiger partial charge is 0.350 e. The molecule has 0 aliphatic rings. The van der Waals surface area contributed by atoms with Crippen LogP contribution in [0.25, 0.3) is 11.1 Å². The molecule has 1 aromatic heterocycles. The number of amides is 2. The Labute approximate surface area is 163 Å². The molecule has 1 atom stereocenters. The van der Waals surface area contributed by atoms with Crippen molar-refractivity contribution in [1.29, 1.82) is 0 Å². The molecule has 1 heterocycles. The molecule has 27 heavy (non-hydrogen) atoms. The number of carbonyl (C=O) groups excluding carboxylic acids is 2. The molecule has 138 valence electrons. The van der Waals surface area contributed by atoms with Gasteiger partial charge in [-0.15, -0.1) is 11.3 Å². The molecule has 0 aliphatic carbocycles. The van der Waals surface area contributed by atoms with Gasteiger partial charge in [0.25, 0.3) is 5.91 Å². The van der Waals surface area contributed by atoms with Gasteiger partial charge in [0, 0.05) is 12.1 Å². The van der Waals surface area contributed by atoms with Gasteiger partial charge in [0.2, 0.25) is 5.91 Å². The van der Waals surface area contributed by atoms with Gasteiger partial charge in [-0.1, -0.05) is 60.2 Å². The Balaban J connectivity index is 1.62. The molecule has 1 unspecified atom stereocenters. The number of aryl methyl sites for hydroxylation is 1. The van der Waals surface area contributed by atoms with Crippen LogP contribution in [0.4, 0.5) is 0 Å². The zero-order valence-electron chi connectivity index (χ0n) is 15.4. The summed E-state index contributed by atoms with van der Waals surface area (Å²) in [7, 11) is 0. The SMILES string of the molecule is Cc1ccc(-c2ccsc2C(=O)NC(C)C(=O)NCc2ccccc2)cc1. The smallest absolute Gasteiger partial charge is 0.262 e. The van der Waals surface area contributed by atoms with Crippen LogP contribution in [0.15, 0.2) is 66.0 Å². The van der Waals surface area contributed by atoms with Crippen molar-refractivity contribution in [3.63, 3.8) is 0 Å². The molecule has 2 amide bonds. The van der Waals surface area contributed by atoms with Crippen molar-refractivity contribution >= 4 is 23.2 Å². The monoisotopic (exact) mass is 378 g/mol. The third-order valence-corrected chi connectivity index (χ3v) is 5.20. The first kappa shape index (κ1) is 18.9. The van der Waals surface area contributed by atoms with Crippen molar-refractivity contribution in [1.82, 2.24) is 10.6 Å². The van der Waals surface area contributed by atoms with E-state index in [0.717, 1.165) is 16.7 Å². The summed E-state index contributed by atoms with van der Waals surface area (Å²) in [5, 5.41) is 7.54. The number of thiophene rings is 1. The van der Waals surface area contributed by atoms with Crippen LogP contribution in [0.1, 0.15) is 27.7 Å². The summed E-state index contributed by atoms with van der Waals surface area (Å²) in [5.74, 6) is -0.441. The standard InChI is InChI=1S/C22H22N2O2S/c1-15-8-10-18(11-9-15)19-12-13-27-20(19)22(26)24-16(2)21(25)23-14-17-6-4-3-5-7-17/h3-13,16H,14H2,1-2H3,(H,23,25)(H,24,26). The van der Waals surface area contributed by atoms with E-state index in [4.69, 9.17) is 0 Å². The van der Waals surface area contributed by atoms with E-state index >= 15 is 0 Å². The van der Waals surface area contributed by atoms with Gasteiger partial charge >= 0.3 is 0 Å². The van der Waals surface area contributed by atoms with Crippen LogP contribution in [0, 0.1) is 6.92 Å². The lowest BCUT2D eigenvalue weighted by atomic mass is 10.0. The number of benzene rings is 2. The van der Waals surface area contributed by atoms with Gasteiger partial charge in [0.15, 0.2) is 0 Å². The zero-order valence-corrected chi connectivity index (χ0v) is 16.2. The minimum Gasteiger partial charge on any atom is -0.350 e. The summed E-state index contributed by atoms with van der Waals surface area (Å²) in [6, 6.07) is 19.1. The maximum Gasteiger partial charge on any atom is 0.262 e. The van der Waals surface area contributed by atoms with Crippen LogP contribution in [0.2, 0.25) is 0 Å². The molecule has 0 spiro atoms. The Morgan fingerprint density at radius 3 is 2.41 bits per heavy atom. The highest BCUT2D eigenvalue weighted by molar-refractivity contribution is 7.12. The Bertz CT molecular complexity index is 917. The van der Waals surface area contributed by atoms with Gasteiger partial charge in [0.1, 0.15) is 6.04 Å². The number of hydrogen-bond acceptors (Lipinski definition) is 3. The number of nitrogens with one attached hydrogen (secondary N) is 2. The minimum atomic E-state index is -0.616. The van der Waals surface area contributed by atoms with Gasteiger partial charge in [-0.05, 0) is 36.4 Å². The van der Waals surface area contributed by atoms with Gasteiger partial charge in [0.05, 0.1) is 4.88 Å². The molecule has 0 aliphatic heterocycles. The normalized spacial score (nSPS) is 11.6. The number of carbonyl (C=O) groups is 2. The Kier molecular flexibility index (Phi) is 6.04. The van der Waals surface area contributed by atoms with Gasteiger partial charge in [-0.3, -0.25) is 9.59 Å². The predicted octanol–water partition coefficient (Wildman–Crippen LogP) is 4.16. The topological polar surface area (TPSA) is 58.2 Å². The molecule has 0 saturated heterocycles. The fraction of sp³-hybridized carbons (Fsp3) is 0.182. The van der Waals surface area contributed by atoms with Crippen molar-refractivity contribution in [3.8, 4) is 11.1 Å². The second-order valence-corrected chi connectivity index (χ2v) is 7.34. The van der Waals surface area contributed by atoms with Gasteiger partial charge < -0.3 is 10.6 Å². The molecule has 2 N–H and O–H groups in total. The minimum absolute atomic E-state index is 0.208. The summed E-state index contributed by atoms with van der Waals surface area (Å²) < 4.78 is 0. The molecule has 2 aromatic carbocycles.